The molecule has 0 unspecified atom stereocenters. The molecule has 0 saturated carbocycles. The third-order valence-corrected chi connectivity index (χ3v) is 6.42. The molecule has 27 heavy (non-hydrogen) atoms. The van der Waals surface area contributed by atoms with Crippen LogP contribution in [0.2, 0.25) is 0 Å². The molecule has 0 spiro atoms. The summed E-state index contributed by atoms with van der Waals surface area (Å²) in [6.07, 6.45) is 0. The van der Waals surface area contributed by atoms with Gasteiger partial charge in [-0.05, 0) is 38.5 Å². The van der Waals surface area contributed by atoms with E-state index in [4.69, 9.17) is 14.5 Å². The van der Waals surface area contributed by atoms with Crippen molar-refractivity contribution in [3.8, 4) is 5.75 Å². The highest BCUT2D eigenvalue weighted by molar-refractivity contribution is 7.99. The van der Waals surface area contributed by atoms with E-state index >= 15 is 0 Å². The molecule has 0 amide bonds. The fourth-order valence-electron chi connectivity index (χ4n) is 2.73. The third-order valence-electron chi connectivity index (χ3n) is 4.38. The Labute approximate surface area is 167 Å². The summed E-state index contributed by atoms with van der Waals surface area (Å²) in [5.41, 5.74) is 2.25. The number of benzene rings is 1. The summed E-state index contributed by atoms with van der Waals surface area (Å²) in [5, 5.41) is 1.45. The predicted octanol–water partition coefficient (Wildman–Crippen LogP) is 4.20. The van der Waals surface area contributed by atoms with Crippen LogP contribution in [0.25, 0.3) is 10.2 Å². The van der Waals surface area contributed by atoms with Gasteiger partial charge in [0, 0.05) is 17.7 Å². The van der Waals surface area contributed by atoms with Crippen LogP contribution in [0.5, 0.6) is 5.75 Å². The second kappa shape index (κ2) is 8.91. The Hall–Kier alpha value is -1.83. The van der Waals surface area contributed by atoms with Crippen molar-refractivity contribution in [2.45, 2.75) is 32.5 Å². The number of thiophene rings is 1. The molecule has 1 aromatic carbocycles. The van der Waals surface area contributed by atoms with Crippen LogP contribution >= 0.6 is 23.1 Å². The van der Waals surface area contributed by atoms with Gasteiger partial charge in [-0.3, -0.25) is 9.36 Å². The van der Waals surface area contributed by atoms with Gasteiger partial charge in [0.1, 0.15) is 10.6 Å². The number of thioether (sulfide) groups is 1. The van der Waals surface area contributed by atoms with Gasteiger partial charge in [-0.1, -0.05) is 29.5 Å². The summed E-state index contributed by atoms with van der Waals surface area (Å²) < 4.78 is 12.7. The van der Waals surface area contributed by atoms with Gasteiger partial charge in [0.2, 0.25) is 0 Å². The summed E-state index contributed by atoms with van der Waals surface area (Å²) in [7, 11) is 1.64. The van der Waals surface area contributed by atoms with Crippen LogP contribution < -0.4 is 10.3 Å². The first-order valence-electron chi connectivity index (χ1n) is 8.83. The van der Waals surface area contributed by atoms with Crippen LogP contribution in [0.4, 0.5) is 0 Å². The number of hydrogen-bond acceptors (Lipinski definition) is 6. The first-order valence-corrected chi connectivity index (χ1v) is 10.6. The molecule has 3 rings (SSSR count). The molecule has 0 aliphatic heterocycles. The average molecular weight is 405 g/mol. The van der Waals surface area contributed by atoms with Crippen molar-refractivity contribution in [2.24, 2.45) is 0 Å². The quantitative estimate of drug-likeness (QED) is 0.320. The van der Waals surface area contributed by atoms with Crippen molar-refractivity contribution in [3.63, 3.8) is 0 Å². The number of rotatable bonds is 8. The van der Waals surface area contributed by atoms with Crippen molar-refractivity contribution < 1.29 is 9.47 Å². The molecule has 0 saturated heterocycles. The SMILES string of the molecule is COCCn1c(SCCOc2ccc(C)cc2)nc2sc(C)c(C)c2c1=O. The Morgan fingerprint density at radius 2 is 1.89 bits per heavy atom. The van der Waals surface area contributed by atoms with E-state index in [2.05, 4.69) is 6.92 Å². The lowest BCUT2D eigenvalue weighted by atomic mass is 10.2. The minimum atomic E-state index is 0.0147. The van der Waals surface area contributed by atoms with Gasteiger partial charge in [0.05, 0.1) is 25.1 Å². The number of aromatic nitrogens is 2. The van der Waals surface area contributed by atoms with Gasteiger partial charge in [0.25, 0.3) is 5.56 Å². The van der Waals surface area contributed by atoms with Crippen molar-refractivity contribution in [1.29, 1.82) is 0 Å². The van der Waals surface area contributed by atoms with Gasteiger partial charge in [-0.15, -0.1) is 11.3 Å². The maximum Gasteiger partial charge on any atom is 0.263 e. The summed E-state index contributed by atoms with van der Waals surface area (Å²) >= 11 is 3.12. The molecule has 0 aliphatic rings. The topological polar surface area (TPSA) is 53.4 Å². The first-order chi connectivity index (χ1) is 13.0. The second-order valence-electron chi connectivity index (χ2n) is 6.32. The monoisotopic (exact) mass is 404 g/mol. The van der Waals surface area contributed by atoms with Crippen LogP contribution in [-0.4, -0.2) is 35.6 Å². The summed E-state index contributed by atoms with van der Waals surface area (Å²) in [6.45, 7) is 7.59. The molecular weight excluding hydrogens is 380 g/mol. The summed E-state index contributed by atoms with van der Waals surface area (Å²) in [4.78, 5) is 19.7. The Balaban J connectivity index is 1.77. The van der Waals surface area contributed by atoms with Gasteiger partial charge < -0.3 is 9.47 Å². The van der Waals surface area contributed by atoms with E-state index in [0.29, 0.717) is 25.5 Å². The fourth-order valence-corrected chi connectivity index (χ4v) is 4.64. The van der Waals surface area contributed by atoms with Crippen molar-refractivity contribution in [2.75, 3.05) is 26.1 Å². The number of hydrogen-bond donors (Lipinski definition) is 0. The van der Waals surface area contributed by atoms with E-state index in [1.54, 1.807) is 34.8 Å². The minimum Gasteiger partial charge on any atom is -0.493 e. The molecule has 0 bridgehead atoms. The van der Waals surface area contributed by atoms with Gasteiger partial charge in [0.15, 0.2) is 5.16 Å². The molecule has 2 heterocycles. The number of aryl methyl sites for hydroxylation is 3. The van der Waals surface area contributed by atoms with E-state index in [-0.39, 0.29) is 5.56 Å². The lowest BCUT2D eigenvalue weighted by Crippen LogP contribution is -2.25. The van der Waals surface area contributed by atoms with Gasteiger partial charge >= 0.3 is 0 Å². The van der Waals surface area contributed by atoms with E-state index in [1.807, 2.05) is 38.1 Å². The Kier molecular flexibility index (Phi) is 6.57. The van der Waals surface area contributed by atoms with Gasteiger partial charge in [-0.2, -0.15) is 0 Å². The number of ether oxygens (including phenoxy) is 2. The largest absolute Gasteiger partial charge is 0.493 e. The van der Waals surface area contributed by atoms with Crippen molar-refractivity contribution >= 4 is 33.3 Å². The fraction of sp³-hybridized carbons (Fsp3) is 0.400. The lowest BCUT2D eigenvalue weighted by Gasteiger charge is -2.12. The maximum absolute atomic E-state index is 13.0. The normalized spacial score (nSPS) is 11.3. The molecular formula is C20H24N2O3S2. The van der Waals surface area contributed by atoms with E-state index < -0.39 is 0 Å². The highest BCUT2D eigenvalue weighted by Crippen LogP contribution is 2.28. The predicted molar refractivity (Wildman–Crippen MR) is 113 cm³/mol. The number of methoxy groups -OCH3 is 1. The van der Waals surface area contributed by atoms with Crippen LogP contribution in [0.15, 0.2) is 34.2 Å². The average Bonchev–Trinajstić information content (AvgIpc) is 2.94. The maximum atomic E-state index is 13.0. The van der Waals surface area contributed by atoms with Crippen LogP contribution in [0.3, 0.4) is 0 Å². The minimum absolute atomic E-state index is 0.0147. The molecule has 5 nitrogen and oxygen atoms in total. The Morgan fingerprint density at radius 3 is 2.59 bits per heavy atom. The zero-order chi connectivity index (χ0) is 19.4. The van der Waals surface area contributed by atoms with Gasteiger partial charge in [-0.25, -0.2) is 4.98 Å². The summed E-state index contributed by atoms with van der Waals surface area (Å²) in [5.74, 6) is 1.56. The highest BCUT2D eigenvalue weighted by Gasteiger charge is 2.16. The summed E-state index contributed by atoms with van der Waals surface area (Å²) in [6, 6.07) is 8.00. The van der Waals surface area contributed by atoms with Crippen molar-refractivity contribution in [3.05, 3.63) is 50.6 Å². The van der Waals surface area contributed by atoms with E-state index in [1.165, 1.54) is 5.56 Å². The van der Waals surface area contributed by atoms with Crippen LogP contribution in [0.1, 0.15) is 16.0 Å². The zero-order valence-corrected chi connectivity index (χ0v) is 17.7. The standard InChI is InChI=1S/C20H24N2O3S2/c1-13-5-7-16(8-6-13)25-11-12-26-20-21-18-17(14(2)15(3)27-18)19(23)22(20)9-10-24-4/h5-8H,9-12H2,1-4H3. The molecule has 7 heteroatoms. The number of fused-ring (bicyclic) bond motifs is 1. The Bertz CT molecular complexity index is 978. The molecule has 0 radical (unpaired) electrons. The molecule has 0 aliphatic carbocycles. The van der Waals surface area contributed by atoms with Crippen molar-refractivity contribution in [1.82, 2.24) is 9.55 Å². The molecule has 144 valence electrons. The van der Waals surface area contributed by atoms with E-state index in [0.717, 1.165) is 31.6 Å². The highest BCUT2D eigenvalue weighted by atomic mass is 32.2. The first kappa shape index (κ1) is 19.9. The lowest BCUT2D eigenvalue weighted by molar-refractivity contribution is 0.183. The Morgan fingerprint density at radius 1 is 1.15 bits per heavy atom. The molecule has 0 atom stereocenters. The molecule has 0 fully saturated rings. The molecule has 3 aromatic rings. The second-order valence-corrected chi connectivity index (χ2v) is 8.58. The third kappa shape index (κ3) is 4.54. The van der Waals surface area contributed by atoms with Crippen LogP contribution in [-0.2, 0) is 11.3 Å². The van der Waals surface area contributed by atoms with E-state index in [9.17, 15) is 4.79 Å². The van der Waals surface area contributed by atoms with Crippen LogP contribution in [0, 0.1) is 20.8 Å². The number of nitrogens with zero attached hydrogens (tertiary/aromatic N) is 2. The smallest absolute Gasteiger partial charge is 0.263 e. The molecule has 2 aromatic heterocycles. The zero-order valence-electron chi connectivity index (χ0n) is 16.1. The molecule has 0 N–H and O–H groups in total.